The molecule has 0 saturated carbocycles. The van der Waals surface area contributed by atoms with E-state index in [2.05, 4.69) is 6.58 Å². The molecule has 5 heteroatoms. The van der Waals surface area contributed by atoms with Crippen LogP contribution in [0.3, 0.4) is 0 Å². The molecule has 0 aliphatic carbocycles. The summed E-state index contributed by atoms with van der Waals surface area (Å²) in [4.78, 5) is 21.9. The second kappa shape index (κ2) is 5.79. The highest BCUT2D eigenvalue weighted by Gasteiger charge is 2.13. The fourth-order valence-electron chi connectivity index (χ4n) is 1.56. The number of esters is 1. The summed E-state index contributed by atoms with van der Waals surface area (Å²) in [5.74, 6) is -0.175. The first kappa shape index (κ1) is 13.5. The molecule has 0 fully saturated rings. The van der Waals surface area contributed by atoms with E-state index in [0.29, 0.717) is 11.3 Å². The maximum atomic E-state index is 11.9. The van der Waals surface area contributed by atoms with Crippen LogP contribution in [0.4, 0.5) is 5.69 Å². The molecule has 0 radical (unpaired) electrons. The van der Waals surface area contributed by atoms with Crippen LogP contribution in [0, 0.1) is 10.1 Å². The Bertz CT molecular complexity index is 647. The van der Waals surface area contributed by atoms with Gasteiger partial charge in [0.2, 0.25) is 0 Å². The second-order valence-corrected chi connectivity index (χ2v) is 3.99. The molecule has 5 nitrogen and oxygen atoms in total. The van der Waals surface area contributed by atoms with Crippen molar-refractivity contribution in [1.82, 2.24) is 0 Å². The molecule has 0 unspecified atom stereocenters. The molecule has 100 valence electrons. The van der Waals surface area contributed by atoms with Crippen molar-refractivity contribution in [2.75, 3.05) is 0 Å². The predicted octanol–water partition coefficient (Wildman–Crippen LogP) is 3.21. The van der Waals surface area contributed by atoms with Crippen molar-refractivity contribution >= 4 is 17.2 Å². The van der Waals surface area contributed by atoms with E-state index >= 15 is 0 Å². The first-order valence-corrected chi connectivity index (χ1v) is 5.79. The normalized spacial score (nSPS) is 9.80. The topological polar surface area (TPSA) is 69.4 Å². The number of hydrogen-bond acceptors (Lipinski definition) is 4. The smallest absolute Gasteiger partial charge is 0.343 e. The van der Waals surface area contributed by atoms with Gasteiger partial charge in [0, 0.05) is 12.1 Å². The Kier molecular flexibility index (Phi) is 3.91. The summed E-state index contributed by atoms with van der Waals surface area (Å²) < 4.78 is 5.14. The second-order valence-electron chi connectivity index (χ2n) is 3.99. The first-order chi connectivity index (χ1) is 9.58. The van der Waals surface area contributed by atoms with Crippen molar-refractivity contribution in [3.63, 3.8) is 0 Å². The van der Waals surface area contributed by atoms with Crippen molar-refractivity contribution in [2.24, 2.45) is 0 Å². The zero-order chi connectivity index (χ0) is 14.5. The number of para-hydroxylation sites is 1. The third kappa shape index (κ3) is 3.08. The van der Waals surface area contributed by atoms with Crippen molar-refractivity contribution in [3.8, 4) is 5.75 Å². The van der Waals surface area contributed by atoms with Gasteiger partial charge in [0.25, 0.3) is 5.69 Å². The summed E-state index contributed by atoms with van der Waals surface area (Å²) in [5.41, 5.74) is 0.582. The quantitative estimate of drug-likeness (QED) is 0.281. The highest BCUT2D eigenvalue weighted by Crippen LogP contribution is 2.20. The Hall–Kier alpha value is -2.95. The van der Waals surface area contributed by atoms with Crippen LogP contribution < -0.4 is 4.74 Å². The van der Waals surface area contributed by atoms with Gasteiger partial charge in [-0.1, -0.05) is 24.8 Å². The van der Waals surface area contributed by atoms with E-state index in [1.165, 1.54) is 24.3 Å². The molecule has 0 spiro atoms. The van der Waals surface area contributed by atoms with Crippen LogP contribution >= 0.6 is 0 Å². The van der Waals surface area contributed by atoms with Crippen molar-refractivity contribution in [3.05, 3.63) is 76.9 Å². The van der Waals surface area contributed by atoms with Gasteiger partial charge in [-0.2, -0.15) is 0 Å². The molecule has 0 saturated heterocycles. The van der Waals surface area contributed by atoms with Crippen LogP contribution in [0.1, 0.15) is 5.56 Å². The van der Waals surface area contributed by atoms with Crippen LogP contribution in [0.25, 0.3) is 5.57 Å². The minimum atomic E-state index is -0.593. The lowest BCUT2D eigenvalue weighted by atomic mass is 10.1. The lowest BCUT2D eigenvalue weighted by Crippen LogP contribution is -2.09. The van der Waals surface area contributed by atoms with E-state index in [4.69, 9.17) is 4.74 Å². The van der Waals surface area contributed by atoms with Crippen LogP contribution in [-0.2, 0) is 4.79 Å². The molecule has 2 aromatic rings. The molecule has 0 aliphatic rings. The summed E-state index contributed by atoms with van der Waals surface area (Å²) in [6.45, 7) is 3.65. The molecule has 0 N–H and O–H groups in total. The SMILES string of the molecule is C=C(C(=O)Oc1ccccc1)c1ccc([N+](=O)[O-])cc1. The fourth-order valence-corrected chi connectivity index (χ4v) is 1.56. The number of ether oxygens (including phenoxy) is 1. The van der Waals surface area contributed by atoms with E-state index in [9.17, 15) is 14.9 Å². The summed E-state index contributed by atoms with van der Waals surface area (Å²) in [5, 5.41) is 10.5. The van der Waals surface area contributed by atoms with Gasteiger partial charge >= 0.3 is 5.97 Å². The Morgan fingerprint density at radius 1 is 1.05 bits per heavy atom. The number of nitro benzene ring substituents is 1. The standard InChI is InChI=1S/C15H11NO4/c1-11(12-7-9-13(10-8-12)16(18)19)15(17)20-14-5-3-2-4-6-14/h2-10H,1H2. The van der Waals surface area contributed by atoms with Crippen molar-refractivity contribution < 1.29 is 14.5 Å². The third-order valence-electron chi connectivity index (χ3n) is 2.63. The van der Waals surface area contributed by atoms with Gasteiger partial charge in [-0.15, -0.1) is 0 Å². The molecule has 2 aromatic carbocycles. The molecule has 20 heavy (non-hydrogen) atoms. The highest BCUT2D eigenvalue weighted by molar-refractivity contribution is 6.16. The maximum absolute atomic E-state index is 11.9. The van der Waals surface area contributed by atoms with Crippen LogP contribution in [0.2, 0.25) is 0 Å². The molecule has 0 aliphatic heterocycles. The summed E-state index contributed by atoms with van der Waals surface area (Å²) in [6, 6.07) is 14.2. The monoisotopic (exact) mass is 269 g/mol. The molecule has 0 aromatic heterocycles. The average Bonchev–Trinajstić information content (AvgIpc) is 2.47. The van der Waals surface area contributed by atoms with Gasteiger partial charge < -0.3 is 4.74 Å². The maximum Gasteiger partial charge on any atom is 0.343 e. The minimum Gasteiger partial charge on any atom is -0.423 e. The summed E-state index contributed by atoms with van der Waals surface area (Å²) in [6.07, 6.45) is 0. The van der Waals surface area contributed by atoms with Gasteiger partial charge in [-0.05, 0) is 29.8 Å². The number of hydrogen-bond donors (Lipinski definition) is 0. The number of carbonyl (C=O) groups is 1. The summed E-state index contributed by atoms with van der Waals surface area (Å²) >= 11 is 0. The third-order valence-corrected chi connectivity index (χ3v) is 2.63. The van der Waals surface area contributed by atoms with Crippen LogP contribution in [0.5, 0.6) is 5.75 Å². The van der Waals surface area contributed by atoms with Crippen LogP contribution in [-0.4, -0.2) is 10.9 Å². The Labute approximate surface area is 115 Å². The molecule has 0 bridgehead atoms. The Morgan fingerprint density at radius 3 is 2.20 bits per heavy atom. The largest absolute Gasteiger partial charge is 0.423 e. The Morgan fingerprint density at radius 2 is 1.65 bits per heavy atom. The van der Waals surface area contributed by atoms with Gasteiger partial charge in [0.05, 0.1) is 10.5 Å². The molecule has 0 atom stereocenters. The van der Waals surface area contributed by atoms with E-state index < -0.39 is 10.9 Å². The number of benzene rings is 2. The fraction of sp³-hybridized carbons (Fsp3) is 0. The Balaban J connectivity index is 2.11. The minimum absolute atomic E-state index is 0.0435. The molecule has 0 heterocycles. The molecule has 0 amide bonds. The molecular formula is C15H11NO4. The number of non-ortho nitro benzene ring substituents is 1. The zero-order valence-corrected chi connectivity index (χ0v) is 10.5. The lowest BCUT2D eigenvalue weighted by molar-refractivity contribution is -0.384. The molecule has 2 rings (SSSR count). The van der Waals surface area contributed by atoms with E-state index in [0.717, 1.165) is 0 Å². The van der Waals surface area contributed by atoms with E-state index in [-0.39, 0.29) is 11.3 Å². The first-order valence-electron chi connectivity index (χ1n) is 5.79. The number of rotatable bonds is 4. The van der Waals surface area contributed by atoms with Crippen molar-refractivity contribution in [2.45, 2.75) is 0 Å². The van der Waals surface area contributed by atoms with E-state index in [1.54, 1.807) is 24.3 Å². The van der Waals surface area contributed by atoms with Gasteiger partial charge in [-0.3, -0.25) is 10.1 Å². The highest BCUT2D eigenvalue weighted by atomic mass is 16.6. The van der Waals surface area contributed by atoms with Crippen LogP contribution in [0.15, 0.2) is 61.2 Å². The van der Waals surface area contributed by atoms with Gasteiger partial charge in [0.15, 0.2) is 0 Å². The van der Waals surface area contributed by atoms with E-state index in [1.807, 2.05) is 6.07 Å². The summed E-state index contributed by atoms with van der Waals surface area (Å²) in [7, 11) is 0. The predicted molar refractivity (Wildman–Crippen MR) is 74.2 cm³/mol. The lowest BCUT2D eigenvalue weighted by Gasteiger charge is -2.06. The average molecular weight is 269 g/mol. The number of carbonyl (C=O) groups excluding carboxylic acids is 1. The number of nitrogens with zero attached hydrogens (tertiary/aromatic N) is 1. The van der Waals surface area contributed by atoms with Gasteiger partial charge in [0.1, 0.15) is 5.75 Å². The van der Waals surface area contributed by atoms with Gasteiger partial charge in [-0.25, -0.2) is 4.79 Å². The molecular weight excluding hydrogens is 258 g/mol. The zero-order valence-electron chi connectivity index (χ0n) is 10.5. The number of nitro groups is 1. The van der Waals surface area contributed by atoms with Crippen molar-refractivity contribution in [1.29, 1.82) is 0 Å².